The number of anilines is 1. The number of rotatable bonds is 3. The van der Waals surface area contributed by atoms with Gasteiger partial charge in [-0.1, -0.05) is 25.4 Å². The predicted molar refractivity (Wildman–Crippen MR) is 91.1 cm³/mol. The smallest absolute Gasteiger partial charge is 0.128 e. The van der Waals surface area contributed by atoms with E-state index in [1.54, 1.807) is 0 Å². The van der Waals surface area contributed by atoms with Gasteiger partial charge in [0, 0.05) is 25.2 Å². The first-order chi connectivity index (χ1) is 9.66. The van der Waals surface area contributed by atoms with Crippen molar-refractivity contribution in [1.82, 2.24) is 10.3 Å². The van der Waals surface area contributed by atoms with Gasteiger partial charge in [0.25, 0.3) is 0 Å². The van der Waals surface area contributed by atoms with E-state index in [2.05, 4.69) is 44.8 Å². The van der Waals surface area contributed by atoms with Crippen molar-refractivity contribution in [1.29, 1.82) is 0 Å². The van der Waals surface area contributed by atoms with E-state index < -0.39 is 0 Å². The van der Waals surface area contributed by atoms with Crippen molar-refractivity contribution in [3.63, 3.8) is 0 Å². The van der Waals surface area contributed by atoms with E-state index in [0.29, 0.717) is 12.0 Å². The van der Waals surface area contributed by atoms with Crippen molar-refractivity contribution in [3.05, 3.63) is 22.8 Å². The molecule has 3 nitrogen and oxygen atoms in total. The van der Waals surface area contributed by atoms with Gasteiger partial charge in [-0.3, -0.25) is 0 Å². The summed E-state index contributed by atoms with van der Waals surface area (Å²) in [7, 11) is 0. The number of nitrogens with one attached hydrogen (secondary N) is 1. The highest BCUT2D eigenvalue weighted by Gasteiger charge is 2.26. The van der Waals surface area contributed by atoms with E-state index in [9.17, 15) is 0 Å². The zero-order chi connectivity index (χ0) is 15.7. The molecular weight excluding hydrogens is 282 g/mol. The molecule has 0 aliphatic carbocycles. The molecule has 1 aromatic rings. The van der Waals surface area contributed by atoms with E-state index in [-0.39, 0.29) is 5.54 Å². The fourth-order valence-electron chi connectivity index (χ4n) is 2.46. The van der Waals surface area contributed by atoms with Crippen LogP contribution in [0.3, 0.4) is 0 Å². The van der Waals surface area contributed by atoms with Gasteiger partial charge < -0.3 is 10.2 Å². The van der Waals surface area contributed by atoms with E-state index >= 15 is 0 Å². The summed E-state index contributed by atoms with van der Waals surface area (Å²) in [5.41, 5.74) is 1.46. The molecule has 0 atom stereocenters. The average Bonchev–Trinajstić information content (AvgIpc) is 2.37. The Morgan fingerprint density at radius 2 is 1.86 bits per heavy atom. The second kappa shape index (κ2) is 6.13. The summed E-state index contributed by atoms with van der Waals surface area (Å²) < 4.78 is 0. The van der Waals surface area contributed by atoms with Crippen LogP contribution in [-0.2, 0) is 6.54 Å². The number of hydrogen-bond acceptors (Lipinski definition) is 3. The Morgan fingerprint density at radius 1 is 1.24 bits per heavy atom. The SMILES string of the molecule is CC1(C)CCN(c2ccc(Cl)c(CNC(C)(C)C)n2)CC1. The largest absolute Gasteiger partial charge is 0.357 e. The van der Waals surface area contributed by atoms with E-state index in [1.807, 2.05) is 12.1 Å². The molecule has 1 N–H and O–H groups in total. The number of nitrogens with zero attached hydrogens (tertiary/aromatic N) is 2. The van der Waals surface area contributed by atoms with E-state index in [1.165, 1.54) is 12.8 Å². The molecule has 1 fully saturated rings. The molecule has 0 aromatic carbocycles. The molecule has 2 heterocycles. The lowest BCUT2D eigenvalue weighted by Crippen LogP contribution is -2.38. The molecule has 0 saturated carbocycles. The Balaban J connectivity index is 2.08. The molecule has 0 spiro atoms. The molecule has 1 aromatic heterocycles. The van der Waals surface area contributed by atoms with Crippen LogP contribution in [0.4, 0.5) is 5.82 Å². The van der Waals surface area contributed by atoms with Gasteiger partial charge in [-0.2, -0.15) is 0 Å². The summed E-state index contributed by atoms with van der Waals surface area (Å²) in [4.78, 5) is 7.16. The van der Waals surface area contributed by atoms with Crippen LogP contribution < -0.4 is 10.2 Å². The quantitative estimate of drug-likeness (QED) is 0.904. The first-order valence-electron chi connectivity index (χ1n) is 7.82. The Labute approximate surface area is 134 Å². The number of hydrogen-bond donors (Lipinski definition) is 1. The Hall–Kier alpha value is -0.800. The predicted octanol–water partition coefficient (Wildman–Crippen LogP) is 4.25. The topological polar surface area (TPSA) is 28.2 Å². The maximum Gasteiger partial charge on any atom is 0.128 e. The molecule has 21 heavy (non-hydrogen) atoms. The maximum atomic E-state index is 6.29. The highest BCUT2D eigenvalue weighted by atomic mass is 35.5. The lowest BCUT2D eigenvalue weighted by molar-refractivity contribution is 0.279. The summed E-state index contributed by atoms with van der Waals surface area (Å²) in [5, 5.41) is 4.20. The Kier molecular flexibility index (Phi) is 4.84. The molecule has 0 unspecified atom stereocenters. The third-order valence-corrected chi connectivity index (χ3v) is 4.48. The van der Waals surface area contributed by atoms with Gasteiger partial charge in [0.05, 0.1) is 10.7 Å². The molecule has 1 aliphatic rings. The summed E-state index contributed by atoms with van der Waals surface area (Å²) >= 11 is 6.29. The molecule has 0 bridgehead atoms. The summed E-state index contributed by atoms with van der Waals surface area (Å²) in [5.74, 6) is 1.06. The zero-order valence-corrected chi connectivity index (χ0v) is 14.7. The van der Waals surface area contributed by atoms with Crippen molar-refractivity contribution in [2.75, 3.05) is 18.0 Å². The lowest BCUT2D eigenvalue weighted by Gasteiger charge is -2.37. The highest BCUT2D eigenvalue weighted by Crippen LogP contribution is 2.32. The standard InChI is InChI=1S/C17H28ClN3/c1-16(2,3)19-12-14-13(18)6-7-15(20-14)21-10-8-17(4,5)9-11-21/h6-7,19H,8-12H2,1-5H3. The van der Waals surface area contributed by atoms with Gasteiger partial charge in [0.1, 0.15) is 5.82 Å². The van der Waals surface area contributed by atoms with Gasteiger partial charge >= 0.3 is 0 Å². The van der Waals surface area contributed by atoms with Crippen LogP contribution >= 0.6 is 11.6 Å². The van der Waals surface area contributed by atoms with Crippen LogP contribution in [0.5, 0.6) is 0 Å². The third-order valence-electron chi connectivity index (χ3n) is 4.13. The van der Waals surface area contributed by atoms with Crippen LogP contribution in [0.1, 0.15) is 53.2 Å². The Bertz CT molecular complexity index is 481. The van der Waals surface area contributed by atoms with E-state index in [4.69, 9.17) is 16.6 Å². The van der Waals surface area contributed by atoms with Crippen LogP contribution in [0.2, 0.25) is 5.02 Å². The number of pyridine rings is 1. The molecular formula is C17H28ClN3. The number of piperidine rings is 1. The zero-order valence-electron chi connectivity index (χ0n) is 14.0. The van der Waals surface area contributed by atoms with Crippen LogP contribution in [0, 0.1) is 5.41 Å². The van der Waals surface area contributed by atoms with Crippen molar-refractivity contribution in [3.8, 4) is 0 Å². The van der Waals surface area contributed by atoms with Crippen LogP contribution in [0.25, 0.3) is 0 Å². The normalized spacial score (nSPS) is 18.9. The van der Waals surface area contributed by atoms with Gasteiger partial charge in [-0.15, -0.1) is 0 Å². The number of aromatic nitrogens is 1. The van der Waals surface area contributed by atoms with Crippen molar-refractivity contribution in [2.24, 2.45) is 5.41 Å². The van der Waals surface area contributed by atoms with Crippen molar-refractivity contribution in [2.45, 2.75) is 59.5 Å². The lowest BCUT2D eigenvalue weighted by atomic mass is 9.83. The number of halogens is 1. The molecule has 4 heteroatoms. The fraction of sp³-hybridized carbons (Fsp3) is 0.706. The first-order valence-corrected chi connectivity index (χ1v) is 8.20. The van der Waals surface area contributed by atoms with Gasteiger partial charge in [0.2, 0.25) is 0 Å². The first kappa shape index (κ1) is 16.6. The van der Waals surface area contributed by atoms with Crippen LogP contribution in [-0.4, -0.2) is 23.6 Å². The molecule has 1 saturated heterocycles. The monoisotopic (exact) mass is 309 g/mol. The van der Waals surface area contributed by atoms with E-state index in [0.717, 1.165) is 29.6 Å². The second-order valence-corrected chi connectivity index (χ2v) is 8.26. The average molecular weight is 310 g/mol. The van der Waals surface area contributed by atoms with Crippen molar-refractivity contribution < 1.29 is 0 Å². The summed E-state index contributed by atoms with van der Waals surface area (Å²) in [6.07, 6.45) is 2.43. The molecule has 2 rings (SSSR count). The molecule has 118 valence electrons. The van der Waals surface area contributed by atoms with Gasteiger partial charge in [0.15, 0.2) is 0 Å². The summed E-state index contributed by atoms with van der Waals surface area (Å²) in [6.45, 7) is 14.0. The van der Waals surface area contributed by atoms with Crippen molar-refractivity contribution >= 4 is 17.4 Å². The van der Waals surface area contributed by atoms with Gasteiger partial charge in [-0.25, -0.2) is 4.98 Å². The Morgan fingerprint density at radius 3 is 2.43 bits per heavy atom. The van der Waals surface area contributed by atoms with Crippen LogP contribution in [0.15, 0.2) is 12.1 Å². The minimum Gasteiger partial charge on any atom is -0.357 e. The minimum absolute atomic E-state index is 0.0656. The minimum atomic E-state index is 0.0656. The molecule has 0 amide bonds. The summed E-state index contributed by atoms with van der Waals surface area (Å²) in [6, 6.07) is 4.02. The highest BCUT2D eigenvalue weighted by molar-refractivity contribution is 6.31. The molecule has 0 radical (unpaired) electrons. The maximum absolute atomic E-state index is 6.29. The van der Waals surface area contributed by atoms with Gasteiger partial charge in [-0.05, 0) is 51.2 Å². The molecule has 1 aliphatic heterocycles. The fourth-order valence-corrected chi connectivity index (χ4v) is 2.64. The third kappa shape index (κ3) is 4.86. The second-order valence-electron chi connectivity index (χ2n) is 7.85.